The van der Waals surface area contributed by atoms with Gasteiger partial charge in [0.05, 0.1) is 0 Å². The molecule has 36 heavy (non-hydrogen) atoms. The molecule has 0 atom stereocenters. The van der Waals surface area contributed by atoms with Crippen LogP contribution in [0.3, 0.4) is 0 Å². The van der Waals surface area contributed by atoms with Gasteiger partial charge in [-0.15, -0.1) is 103 Å². The summed E-state index contributed by atoms with van der Waals surface area (Å²) >= 11 is 13.0. The summed E-state index contributed by atoms with van der Waals surface area (Å²) in [6.07, 6.45) is 0. The van der Waals surface area contributed by atoms with Crippen LogP contribution in [0.25, 0.3) is 21.5 Å². The first-order valence-corrected chi connectivity index (χ1v) is 15.7. The van der Waals surface area contributed by atoms with Crippen molar-refractivity contribution in [3.63, 3.8) is 0 Å². The van der Waals surface area contributed by atoms with Crippen LogP contribution in [0.2, 0.25) is 0 Å². The fraction of sp³-hybridized carbons (Fsp3) is 0.0625. The molecule has 0 nitrogen and oxygen atoms in total. The zero-order chi connectivity index (χ0) is 24.7. The minimum Gasteiger partial charge on any atom is -0.165 e. The van der Waals surface area contributed by atoms with E-state index in [2.05, 4.69) is 86.6 Å². The van der Waals surface area contributed by atoms with E-state index in [1.807, 2.05) is 60.7 Å². The first kappa shape index (κ1) is 28.4. The standard InChI is InChI=1S/C12H10Cl2Si.2C10H9.Zr/c13-15(14,11-7-3-1-4-8-11)12-9-5-2-6-10-12;2*1-8-6-9-4-2-3-5-10(9)7-8;/h1-10H;2*2-7H,1H3;/q;2*-1;+2. The Morgan fingerprint density at radius 1 is 0.500 bits per heavy atom. The van der Waals surface area contributed by atoms with Crippen molar-refractivity contribution < 1.29 is 26.2 Å². The maximum Gasteiger partial charge on any atom is 2.00 e. The van der Waals surface area contributed by atoms with Gasteiger partial charge in [-0.1, -0.05) is 86.6 Å². The SMILES string of the molecule is Cc1cc2ccccc2[cH-]1.Cc1cc2ccccc2[cH-]1.Cl[Si](Cl)(c1ccccc1)c1ccccc1.[Zr+2]. The van der Waals surface area contributed by atoms with Gasteiger partial charge in [0.15, 0.2) is 0 Å². The van der Waals surface area contributed by atoms with Crippen molar-refractivity contribution in [1.29, 1.82) is 0 Å². The van der Waals surface area contributed by atoms with E-state index in [0.29, 0.717) is 0 Å². The first-order valence-electron chi connectivity index (χ1n) is 11.7. The van der Waals surface area contributed by atoms with E-state index >= 15 is 0 Å². The summed E-state index contributed by atoms with van der Waals surface area (Å²) in [4.78, 5) is 0. The third kappa shape index (κ3) is 7.40. The monoisotopic (exact) mass is 600 g/mol. The number of benzene rings is 4. The van der Waals surface area contributed by atoms with Crippen molar-refractivity contribution in [3.8, 4) is 0 Å². The number of hydrogen-bond acceptors (Lipinski definition) is 0. The summed E-state index contributed by atoms with van der Waals surface area (Å²) in [6.45, 7) is 1.74. The molecular formula is C32H28Cl2SiZr. The molecule has 4 heteroatoms. The summed E-state index contributed by atoms with van der Waals surface area (Å²) in [7, 11) is 0. The number of hydrogen-bond donors (Lipinski definition) is 0. The number of fused-ring (bicyclic) bond motifs is 2. The van der Waals surface area contributed by atoms with Crippen LogP contribution in [0, 0.1) is 13.8 Å². The molecule has 0 bridgehead atoms. The Morgan fingerprint density at radius 2 is 0.833 bits per heavy atom. The Balaban J connectivity index is 0.000000153. The molecule has 0 saturated heterocycles. The molecule has 0 aliphatic carbocycles. The topological polar surface area (TPSA) is 0 Å². The van der Waals surface area contributed by atoms with Gasteiger partial charge in [0.1, 0.15) is 0 Å². The molecule has 0 fully saturated rings. The van der Waals surface area contributed by atoms with Gasteiger partial charge in [-0.2, -0.15) is 12.1 Å². The quantitative estimate of drug-likeness (QED) is 0.106. The van der Waals surface area contributed by atoms with Crippen molar-refractivity contribution in [3.05, 3.63) is 145 Å². The largest absolute Gasteiger partial charge is 2.00 e. The second kappa shape index (κ2) is 13.4. The first-order chi connectivity index (χ1) is 16.9. The van der Waals surface area contributed by atoms with Crippen molar-refractivity contribution >= 4 is 60.8 Å². The predicted molar refractivity (Wildman–Crippen MR) is 158 cm³/mol. The molecule has 0 heterocycles. The average molecular weight is 603 g/mol. The summed E-state index contributed by atoms with van der Waals surface area (Å²) in [5.74, 6) is 0. The maximum absolute atomic E-state index is 6.49. The average Bonchev–Trinajstić information content (AvgIpc) is 3.46. The van der Waals surface area contributed by atoms with Gasteiger partial charge >= 0.3 is 32.9 Å². The zero-order valence-corrected chi connectivity index (χ0v) is 25.4. The molecule has 0 unspecified atom stereocenters. The molecule has 0 saturated carbocycles. The van der Waals surface area contributed by atoms with E-state index < -0.39 is 6.69 Å². The third-order valence-electron chi connectivity index (χ3n) is 5.80. The number of halogens is 2. The van der Waals surface area contributed by atoms with Gasteiger partial charge in [0.25, 0.3) is 0 Å². The molecule has 0 radical (unpaired) electrons. The van der Waals surface area contributed by atoms with Gasteiger partial charge in [-0.25, -0.2) is 0 Å². The van der Waals surface area contributed by atoms with Gasteiger partial charge in [0.2, 0.25) is 0 Å². The van der Waals surface area contributed by atoms with Crippen LogP contribution >= 0.6 is 22.2 Å². The predicted octanol–water partition coefficient (Wildman–Crippen LogP) is 8.45. The third-order valence-corrected chi connectivity index (χ3v) is 10.5. The molecule has 6 aromatic rings. The summed E-state index contributed by atoms with van der Waals surface area (Å²) in [5, 5.41) is 7.44. The van der Waals surface area contributed by atoms with Gasteiger partial charge in [0, 0.05) is 0 Å². The Hall–Kier alpha value is -2.22. The van der Waals surface area contributed by atoms with E-state index in [4.69, 9.17) is 22.2 Å². The molecule has 0 N–H and O–H groups in total. The number of aryl methyl sites for hydroxylation is 2. The van der Waals surface area contributed by atoms with Gasteiger partial charge in [-0.3, -0.25) is 0 Å². The Labute approximate surface area is 243 Å². The van der Waals surface area contributed by atoms with Crippen LogP contribution in [0.15, 0.2) is 133 Å². The molecule has 178 valence electrons. The van der Waals surface area contributed by atoms with E-state index in [1.54, 1.807) is 0 Å². The second-order valence-corrected chi connectivity index (χ2v) is 14.9. The van der Waals surface area contributed by atoms with Crippen molar-refractivity contribution in [2.45, 2.75) is 13.8 Å². The van der Waals surface area contributed by atoms with E-state index in [1.165, 1.54) is 32.7 Å². The molecule has 0 aliphatic heterocycles. The number of rotatable bonds is 2. The molecular weight excluding hydrogens is 575 g/mol. The van der Waals surface area contributed by atoms with Gasteiger partial charge < -0.3 is 0 Å². The molecule has 6 aromatic carbocycles. The molecule has 0 spiro atoms. The van der Waals surface area contributed by atoms with Crippen LogP contribution in [-0.4, -0.2) is 6.69 Å². The maximum atomic E-state index is 6.49. The van der Waals surface area contributed by atoms with Crippen LogP contribution < -0.4 is 10.4 Å². The fourth-order valence-corrected chi connectivity index (χ4v) is 7.14. The Morgan fingerprint density at radius 3 is 1.19 bits per heavy atom. The van der Waals surface area contributed by atoms with E-state index in [-0.39, 0.29) is 26.2 Å². The zero-order valence-electron chi connectivity index (χ0n) is 20.5. The van der Waals surface area contributed by atoms with Crippen LogP contribution in [-0.2, 0) is 26.2 Å². The smallest absolute Gasteiger partial charge is 0.165 e. The molecule has 6 rings (SSSR count). The van der Waals surface area contributed by atoms with E-state index in [9.17, 15) is 0 Å². The van der Waals surface area contributed by atoms with Gasteiger partial charge in [-0.05, 0) is 10.4 Å². The Bertz CT molecular complexity index is 1300. The van der Waals surface area contributed by atoms with Crippen molar-refractivity contribution in [2.24, 2.45) is 0 Å². The minimum absolute atomic E-state index is 0. The minimum atomic E-state index is -2.51. The summed E-state index contributed by atoms with van der Waals surface area (Å²) in [5.41, 5.74) is 2.70. The molecule has 0 amide bonds. The molecule has 0 aliphatic rings. The van der Waals surface area contributed by atoms with Crippen LogP contribution in [0.1, 0.15) is 11.1 Å². The normalized spacial score (nSPS) is 10.6. The Kier molecular flexibility index (Phi) is 10.5. The van der Waals surface area contributed by atoms with Crippen LogP contribution in [0.4, 0.5) is 0 Å². The summed E-state index contributed by atoms with van der Waals surface area (Å²) < 4.78 is 0. The van der Waals surface area contributed by atoms with Crippen LogP contribution in [0.5, 0.6) is 0 Å². The second-order valence-electron chi connectivity index (χ2n) is 8.63. The fourth-order valence-electron chi connectivity index (χ4n) is 4.07. The van der Waals surface area contributed by atoms with Crippen molar-refractivity contribution in [1.82, 2.24) is 0 Å². The summed E-state index contributed by atoms with van der Waals surface area (Å²) in [6, 6.07) is 45.4. The van der Waals surface area contributed by atoms with Crippen molar-refractivity contribution in [2.75, 3.05) is 0 Å². The van der Waals surface area contributed by atoms with E-state index in [0.717, 1.165) is 10.4 Å². The molecule has 0 aromatic heterocycles.